The van der Waals surface area contributed by atoms with E-state index in [1.54, 1.807) is 7.11 Å². The number of amides is 2. The third-order valence-electron chi connectivity index (χ3n) is 2.84. The summed E-state index contributed by atoms with van der Waals surface area (Å²) in [6.07, 6.45) is 0.855. The van der Waals surface area contributed by atoms with Gasteiger partial charge in [0.1, 0.15) is 0 Å². The Balaban J connectivity index is 2.36. The van der Waals surface area contributed by atoms with Gasteiger partial charge in [0.05, 0.1) is 0 Å². The van der Waals surface area contributed by atoms with Crippen molar-refractivity contribution in [2.45, 2.75) is 38.0 Å². The van der Waals surface area contributed by atoms with E-state index in [-0.39, 0.29) is 16.8 Å². The second-order valence-electron chi connectivity index (χ2n) is 5.16. The van der Waals surface area contributed by atoms with Crippen LogP contribution < -0.4 is 5.32 Å². The number of thioether (sulfide) groups is 1. The van der Waals surface area contributed by atoms with Crippen molar-refractivity contribution in [3.05, 3.63) is 0 Å². The number of carbonyl (C=O) groups excluding carboxylic acids is 1. The quantitative estimate of drug-likeness (QED) is 0.840. The number of urea groups is 1. The van der Waals surface area contributed by atoms with Gasteiger partial charge in [-0.2, -0.15) is 11.8 Å². The van der Waals surface area contributed by atoms with Crippen molar-refractivity contribution in [2.75, 3.05) is 32.6 Å². The summed E-state index contributed by atoms with van der Waals surface area (Å²) in [5.41, 5.74) is 0. The predicted molar refractivity (Wildman–Crippen MR) is 72.6 cm³/mol. The SMILES string of the molecule is COCC[C@H](C)NC(=O)N1CCSC(C)(C)C1. The molecule has 0 aromatic heterocycles. The van der Waals surface area contributed by atoms with Crippen LogP contribution in [0.1, 0.15) is 27.2 Å². The van der Waals surface area contributed by atoms with Gasteiger partial charge in [-0.05, 0) is 27.2 Å². The maximum atomic E-state index is 12.0. The number of nitrogens with zero attached hydrogens (tertiary/aromatic N) is 1. The summed E-state index contributed by atoms with van der Waals surface area (Å²) in [4.78, 5) is 13.9. The van der Waals surface area contributed by atoms with Crippen LogP contribution in [0.4, 0.5) is 4.79 Å². The molecule has 0 radical (unpaired) electrons. The first kappa shape index (κ1) is 14.6. The maximum Gasteiger partial charge on any atom is 0.317 e. The zero-order valence-corrected chi connectivity index (χ0v) is 12.1. The van der Waals surface area contributed by atoms with E-state index < -0.39 is 0 Å². The Morgan fingerprint density at radius 2 is 2.29 bits per heavy atom. The maximum absolute atomic E-state index is 12.0. The number of nitrogens with one attached hydrogen (secondary N) is 1. The fourth-order valence-corrected chi connectivity index (χ4v) is 2.97. The molecule has 0 aromatic carbocycles. The Hall–Kier alpha value is -0.420. The van der Waals surface area contributed by atoms with Crippen molar-refractivity contribution in [1.29, 1.82) is 0 Å². The Morgan fingerprint density at radius 1 is 1.59 bits per heavy atom. The molecule has 5 heteroatoms. The molecule has 0 spiro atoms. The molecule has 100 valence electrons. The summed E-state index contributed by atoms with van der Waals surface area (Å²) in [6, 6.07) is 0.224. The smallest absolute Gasteiger partial charge is 0.317 e. The summed E-state index contributed by atoms with van der Waals surface area (Å²) in [6.45, 7) is 8.73. The van der Waals surface area contributed by atoms with Crippen LogP contribution in [0.2, 0.25) is 0 Å². The van der Waals surface area contributed by atoms with E-state index in [0.29, 0.717) is 6.61 Å². The lowest BCUT2D eigenvalue weighted by atomic mass is 10.2. The Morgan fingerprint density at radius 3 is 2.88 bits per heavy atom. The third-order valence-corrected chi connectivity index (χ3v) is 4.13. The fraction of sp³-hybridized carbons (Fsp3) is 0.917. The molecule has 1 fully saturated rings. The molecule has 0 unspecified atom stereocenters. The number of methoxy groups -OCH3 is 1. The Labute approximate surface area is 108 Å². The van der Waals surface area contributed by atoms with Crippen molar-refractivity contribution in [3.8, 4) is 0 Å². The predicted octanol–water partition coefficient (Wildman–Crippen LogP) is 1.95. The van der Waals surface area contributed by atoms with Crippen LogP contribution in [0.25, 0.3) is 0 Å². The molecule has 4 nitrogen and oxygen atoms in total. The molecule has 1 aliphatic heterocycles. The van der Waals surface area contributed by atoms with Crippen molar-refractivity contribution < 1.29 is 9.53 Å². The van der Waals surface area contributed by atoms with Gasteiger partial charge >= 0.3 is 6.03 Å². The molecular weight excluding hydrogens is 236 g/mol. The molecule has 1 rings (SSSR count). The first-order valence-corrected chi connectivity index (χ1v) is 7.11. The van der Waals surface area contributed by atoms with Gasteiger partial charge in [-0.1, -0.05) is 0 Å². The normalized spacial score (nSPS) is 21.1. The van der Waals surface area contributed by atoms with Gasteiger partial charge in [0.25, 0.3) is 0 Å². The number of hydrogen-bond acceptors (Lipinski definition) is 3. The van der Waals surface area contributed by atoms with Crippen LogP contribution in [-0.2, 0) is 4.74 Å². The van der Waals surface area contributed by atoms with Crippen LogP contribution >= 0.6 is 11.8 Å². The third kappa shape index (κ3) is 5.17. The summed E-state index contributed by atoms with van der Waals surface area (Å²) < 4.78 is 5.18. The van der Waals surface area contributed by atoms with Crippen LogP contribution in [0.15, 0.2) is 0 Å². The van der Waals surface area contributed by atoms with Crippen molar-refractivity contribution >= 4 is 17.8 Å². The van der Waals surface area contributed by atoms with E-state index in [1.165, 1.54) is 0 Å². The first-order chi connectivity index (χ1) is 7.94. The molecular formula is C12H24N2O2S. The second-order valence-corrected chi connectivity index (χ2v) is 6.96. The highest BCUT2D eigenvalue weighted by atomic mass is 32.2. The molecule has 1 N–H and O–H groups in total. The number of hydrogen-bond donors (Lipinski definition) is 1. The van der Waals surface area contributed by atoms with Crippen LogP contribution in [-0.4, -0.2) is 54.3 Å². The van der Waals surface area contributed by atoms with E-state index in [1.807, 2.05) is 23.6 Å². The molecule has 2 amide bonds. The molecule has 0 aliphatic carbocycles. The van der Waals surface area contributed by atoms with Crippen molar-refractivity contribution in [2.24, 2.45) is 0 Å². The van der Waals surface area contributed by atoms with Crippen molar-refractivity contribution in [1.82, 2.24) is 10.2 Å². The Bertz CT molecular complexity index is 259. The van der Waals surface area contributed by atoms with E-state index in [9.17, 15) is 4.79 Å². The van der Waals surface area contributed by atoms with E-state index >= 15 is 0 Å². The van der Waals surface area contributed by atoms with E-state index in [0.717, 1.165) is 25.3 Å². The minimum atomic E-state index is 0.0574. The average Bonchev–Trinajstić information content (AvgIpc) is 2.25. The molecule has 17 heavy (non-hydrogen) atoms. The highest BCUT2D eigenvalue weighted by Crippen LogP contribution is 2.29. The average molecular weight is 260 g/mol. The van der Waals surface area contributed by atoms with Gasteiger partial charge in [-0.3, -0.25) is 0 Å². The number of rotatable bonds is 4. The lowest BCUT2D eigenvalue weighted by Crippen LogP contribution is -2.51. The van der Waals surface area contributed by atoms with Gasteiger partial charge < -0.3 is 15.0 Å². The molecule has 1 heterocycles. The summed E-state index contributed by atoms with van der Waals surface area (Å²) in [5, 5.41) is 3.02. The second kappa shape index (κ2) is 6.50. The summed E-state index contributed by atoms with van der Waals surface area (Å²) >= 11 is 1.93. The molecule has 1 saturated heterocycles. The van der Waals surface area contributed by atoms with Gasteiger partial charge in [-0.15, -0.1) is 0 Å². The minimum Gasteiger partial charge on any atom is -0.385 e. The van der Waals surface area contributed by atoms with Gasteiger partial charge in [0.15, 0.2) is 0 Å². The largest absolute Gasteiger partial charge is 0.385 e. The lowest BCUT2D eigenvalue weighted by molar-refractivity contribution is 0.173. The molecule has 0 aromatic rings. The van der Waals surface area contributed by atoms with Gasteiger partial charge in [-0.25, -0.2) is 4.79 Å². The Kier molecular flexibility index (Phi) is 5.59. The summed E-state index contributed by atoms with van der Waals surface area (Å²) in [5.74, 6) is 1.02. The highest BCUT2D eigenvalue weighted by Gasteiger charge is 2.29. The monoisotopic (exact) mass is 260 g/mol. The highest BCUT2D eigenvalue weighted by molar-refractivity contribution is 8.00. The van der Waals surface area contributed by atoms with Crippen molar-refractivity contribution in [3.63, 3.8) is 0 Å². The topological polar surface area (TPSA) is 41.6 Å². The zero-order chi connectivity index (χ0) is 12.9. The van der Waals surface area contributed by atoms with Crippen LogP contribution in [0.3, 0.4) is 0 Å². The molecule has 0 bridgehead atoms. The molecule has 0 saturated carbocycles. The van der Waals surface area contributed by atoms with Crippen LogP contribution in [0.5, 0.6) is 0 Å². The van der Waals surface area contributed by atoms with E-state index in [4.69, 9.17) is 4.74 Å². The van der Waals surface area contributed by atoms with Gasteiger partial charge in [0.2, 0.25) is 0 Å². The standard InChI is InChI=1S/C12H24N2O2S/c1-10(5-7-16-4)13-11(15)14-6-8-17-12(2,3)9-14/h10H,5-9H2,1-4H3,(H,13,15)/t10-/m0/s1. The number of ether oxygens (including phenoxy) is 1. The molecule has 1 atom stereocenters. The number of carbonyl (C=O) groups is 1. The van der Waals surface area contributed by atoms with Crippen LogP contribution in [0, 0.1) is 0 Å². The lowest BCUT2D eigenvalue weighted by Gasteiger charge is -2.37. The van der Waals surface area contributed by atoms with E-state index in [2.05, 4.69) is 19.2 Å². The zero-order valence-electron chi connectivity index (χ0n) is 11.3. The minimum absolute atomic E-state index is 0.0574. The first-order valence-electron chi connectivity index (χ1n) is 6.13. The van der Waals surface area contributed by atoms with Gasteiger partial charge in [0, 0.05) is 43.3 Å². The summed E-state index contributed by atoms with van der Waals surface area (Å²) in [7, 11) is 1.68. The fourth-order valence-electron chi connectivity index (χ4n) is 1.86. The molecule has 1 aliphatic rings.